The maximum atomic E-state index is 13.6. The Labute approximate surface area is 284 Å². The molecule has 1 aliphatic rings. The van der Waals surface area contributed by atoms with Crippen molar-refractivity contribution in [3.63, 3.8) is 0 Å². The van der Waals surface area contributed by atoms with Crippen LogP contribution in [0, 0.1) is 0 Å². The van der Waals surface area contributed by atoms with Gasteiger partial charge in [-0.15, -0.1) is 0 Å². The van der Waals surface area contributed by atoms with Crippen molar-refractivity contribution in [3.8, 4) is 16.9 Å². The number of anilines is 1. The Hall–Kier alpha value is -4.76. The van der Waals surface area contributed by atoms with Crippen LogP contribution in [0.3, 0.4) is 0 Å². The van der Waals surface area contributed by atoms with Gasteiger partial charge in [0.25, 0.3) is 0 Å². The van der Waals surface area contributed by atoms with Crippen LogP contribution >= 0.6 is 0 Å². The number of aliphatic carboxylic acids is 1. The molecule has 1 aliphatic heterocycles. The molecule has 0 spiro atoms. The number of methoxy groups -OCH3 is 1. The summed E-state index contributed by atoms with van der Waals surface area (Å²) in [5.41, 5.74) is -0.788. The SMILES string of the molecule is C/N=C(\C=C/CC(=O)O)c1ccc(OC)c(-c2ccc(N3CCC3)nc2CN(C(O)C=O)[C@@H](C)Cc2cc(C(F)(F)F)cc(C(F)(F)F)c2)c1. The molecule has 0 aliphatic carbocycles. The van der Waals surface area contributed by atoms with E-state index < -0.39 is 41.7 Å². The number of carbonyl (C=O) groups excluding carboxylic acids is 1. The Morgan fingerprint density at radius 3 is 2.22 bits per heavy atom. The van der Waals surface area contributed by atoms with E-state index in [0.717, 1.165) is 19.5 Å². The van der Waals surface area contributed by atoms with Crippen molar-refractivity contribution < 1.29 is 50.9 Å². The molecule has 15 heteroatoms. The number of rotatable bonds is 14. The standard InChI is InChI=1S/C35H36F6N4O5/c1-21(14-22-15-24(34(36,37)38)18-25(16-22)35(39,40)41)45(32(47)20-46)19-29-26(9-11-31(43-29)44-12-5-13-44)27-17-23(8-10-30(27)50-3)28(42-2)6-4-7-33(48)49/h4,6,8-11,15-18,20-21,32,47H,5,7,12-14,19H2,1-3H3,(H,48,49)/b6-4-,42-28+/t21-,32?/m0/s1. The van der Waals surface area contributed by atoms with Gasteiger partial charge in [-0.3, -0.25) is 19.5 Å². The number of aliphatic hydroxyl groups excluding tert-OH is 1. The fraction of sp³-hybridized carbons (Fsp3) is 0.371. The number of hydrogen-bond acceptors (Lipinski definition) is 8. The lowest BCUT2D eigenvalue weighted by atomic mass is 9.96. The highest BCUT2D eigenvalue weighted by Gasteiger charge is 2.37. The molecule has 50 heavy (non-hydrogen) atoms. The third kappa shape index (κ3) is 9.27. The summed E-state index contributed by atoms with van der Waals surface area (Å²) in [7, 11) is 3.00. The van der Waals surface area contributed by atoms with Gasteiger partial charge in [0.15, 0.2) is 12.5 Å². The first kappa shape index (κ1) is 38.0. The van der Waals surface area contributed by atoms with Gasteiger partial charge in [-0.25, -0.2) is 4.98 Å². The largest absolute Gasteiger partial charge is 0.496 e. The molecule has 2 N–H and O–H groups in total. The zero-order valence-corrected chi connectivity index (χ0v) is 27.4. The van der Waals surface area contributed by atoms with Crippen LogP contribution in [0.5, 0.6) is 5.75 Å². The molecule has 1 saturated heterocycles. The number of halogens is 6. The quantitative estimate of drug-likeness (QED) is 0.0857. The normalized spacial score (nSPS) is 15.3. The summed E-state index contributed by atoms with van der Waals surface area (Å²) in [6.45, 7) is 2.72. The number of alkyl halides is 6. The van der Waals surface area contributed by atoms with Gasteiger partial charge in [-0.1, -0.05) is 6.08 Å². The number of carboxylic acid groups (broad SMARTS) is 1. The highest BCUT2D eigenvalue weighted by atomic mass is 19.4. The van der Waals surface area contributed by atoms with Crippen LogP contribution in [0.25, 0.3) is 11.1 Å². The Bertz CT molecular complexity index is 1720. The molecule has 1 aromatic heterocycles. The fourth-order valence-electron chi connectivity index (χ4n) is 5.58. The first-order valence-electron chi connectivity index (χ1n) is 15.5. The van der Waals surface area contributed by atoms with E-state index in [1.165, 1.54) is 25.0 Å². The van der Waals surface area contributed by atoms with E-state index in [2.05, 4.69) is 4.99 Å². The van der Waals surface area contributed by atoms with Crippen LogP contribution in [0.15, 0.2) is 65.7 Å². The zero-order valence-electron chi connectivity index (χ0n) is 27.4. The van der Waals surface area contributed by atoms with E-state index in [1.54, 1.807) is 43.5 Å². The minimum atomic E-state index is -5.04. The predicted molar refractivity (Wildman–Crippen MR) is 174 cm³/mol. The Morgan fingerprint density at radius 1 is 1.04 bits per heavy atom. The van der Waals surface area contributed by atoms with E-state index >= 15 is 0 Å². The first-order valence-corrected chi connectivity index (χ1v) is 15.5. The van der Waals surface area contributed by atoms with Gasteiger partial charge in [0.05, 0.1) is 36.1 Å². The number of aliphatic hydroxyl groups is 1. The molecule has 2 atom stereocenters. The number of nitrogens with zero attached hydrogens (tertiary/aromatic N) is 4. The number of allylic oxidation sites excluding steroid dienone is 1. The molecule has 1 unspecified atom stereocenters. The van der Waals surface area contributed by atoms with Gasteiger partial charge < -0.3 is 19.8 Å². The van der Waals surface area contributed by atoms with E-state index in [0.29, 0.717) is 51.8 Å². The second kappa shape index (κ2) is 15.9. The topological polar surface area (TPSA) is 116 Å². The van der Waals surface area contributed by atoms with Crippen LogP contribution < -0.4 is 9.64 Å². The number of aliphatic imine (C=N–C) groups is 1. The third-order valence-corrected chi connectivity index (χ3v) is 8.27. The number of aldehydes is 1. The molecule has 1 fully saturated rings. The summed E-state index contributed by atoms with van der Waals surface area (Å²) in [6.07, 6.45) is -8.30. The number of pyridine rings is 1. The van der Waals surface area contributed by atoms with Crippen molar-refractivity contribution in [1.82, 2.24) is 9.88 Å². The van der Waals surface area contributed by atoms with Gasteiger partial charge in [0.2, 0.25) is 0 Å². The average molecular weight is 707 g/mol. The van der Waals surface area contributed by atoms with Crippen LogP contribution in [0.2, 0.25) is 0 Å². The second-order valence-corrected chi connectivity index (χ2v) is 11.7. The highest BCUT2D eigenvalue weighted by molar-refractivity contribution is 6.09. The number of benzene rings is 2. The molecule has 268 valence electrons. The molecule has 0 amide bonds. The van der Waals surface area contributed by atoms with Crippen molar-refractivity contribution >= 4 is 23.8 Å². The molecule has 0 bridgehead atoms. The van der Waals surface area contributed by atoms with Gasteiger partial charge in [0.1, 0.15) is 11.6 Å². The lowest BCUT2D eigenvalue weighted by molar-refractivity contribution is -0.143. The zero-order chi connectivity index (χ0) is 36.8. The molecule has 3 aromatic rings. The van der Waals surface area contributed by atoms with Crippen molar-refractivity contribution in [2.24, 2.45) is 4.99 Å². The minimum absolute atomic E-state index is 0.0435. The van der Waals surface area contributed by atoms with Gasteiger partial charge >= 0.3 is 18.3 Å². The van der Waals surface area contributed by atoms with Crippen molar-refractivity contribution in [2.75, 3.05) is 32.1 Å². The molecule has 4 rings (SSSR count). The number of carbonyl (C=O) groups is 2. The molecule has 0 saturated carbocycles. The third-order valence-electron chi connectivity index (χ3n) is 8.27. The Balaban J connectivity index is 1.79. The maximum Gasteiger partial charge on any atom is 0.416 e. The Kier molecular flexibility index (Phi) is 12.1. The molecule has 0 radical (unpaired) electrons. The van der Waals surface area contributed by atoms with Gasteiger partial charge in [-0.05, 0) is 79.9 Å². The van der Waals surface area contributed by atoms with Crippen LogP contribution in [0.1, 0.15) is 47.7 Å². The minimum Gasteiger partial charge on any atom is -0.496 e. The van der Waals surface area contributed by atoms with E-state index in [4.69, 9.17) is 14.8 Å². The van der Waals surface area contributed by atoms with Crippen molar-refractivity contribution in [1.29, 1.82) is 0 Å². The number of aromatic nitrogens is 1. The summed E-state index contributed by atoms with van der Waals surface area (Å²) >= 11 is 0. The van der Waals surface area contributed by atoms with Crippen molar-refractivity contribution in [3.05, 3.63) is 88.6 Å². The summed E-state index contributed by atoms with van der Waals surface area (Å²) in [4.78, 5) is 35.3. The summed E-state index contributed by atoms with van der Waals surface area (Å²) < 4.78 is 87.1. The number of hydrogen-bond donors (Lipinski definition) is 2. The van der Waals surface area contributed by atoms with Gasteiger partial charge in [-0.2, -0.15) is 26.3 Å². The van der Waals surface area contributed by atoms with Crippen LogP contribution in [-0.2, 0) is 34.9 Å². The maximum absolute atomic E-state index is 13.6. The molecule has 2 aromatic carbocycles. The molecule has 2 heterocycles. The van der Waals surface area contributed by atoms with Crippen LogP contribution in [-0.4, -0.2) is 77.6 Å². The van der Waals surface area contributed by atoms with E-state index in [9.17, 15) is 41.0 Å². The molecular formula is C35H36F6N4O5. The second-order valence-electron chi connectivity index (χ2n) is 11.7. The first-order chi connectivity index (χ1) is 23.5. The van der Waals surface area contributed by atoms with Crippen LogP contribution in [0.4, 0.5) is 32.2 Å². The number of carboxylic acids is 1. The Morgan fingerprint density at radius 2 is 1.70 bits per heavy atom. The van der Waals surface area contributed by atoms with E-state index in [1.807, 2.05) is 4.90 Å². The lowest BCUT2D eigenvalue weighted by Crippen LogP contribution is -2.44. The predicted octanol–water partition coefficient (Wildman–Crippen LogP) is 6.41. The van der Waals surface area contributed by atoms with Gasteiger partial charge in [0, 0.05) is 49.4 Å². The monoisotopic (exact) mass is 706 g/mol. The highest BCUT2D eigenvalue weighted by Crippen LogP contribution is 2.38. The smallest absolute Gasteiger partial charge is 0.416 e. The summed E-state index contributed by atoms with van der Waals surface area (Å²) in [5.74, 6) is -0.00801. The number of ether oxygens (including phenoxy) is 1. The lowest BCUT2D eigenvalue weighted by Gasteiger charge is -2.34. The summed E-state index contributed by atoms with van der Waals surface area (Å²) in [5, 5.41) is 19.9. The van der Waals surface area contributed by atoms with Crippen molar-refractivity contribution in [2.45, 2.75) is 57.4 Å². The van der Waals surface area contributed by atoms with E-state index in [-0.39, 0.29) is 37.3 Å². The molecule has 9 nitrogen and oxygen atoms in total. The average Bonchev–Trinajstić information content (AvgIpc) is 3.03. The summed E-state index contributed by atoms with van der Waals surface area (Å²) in [6, 6.07) is 9.07. The fourth-order valence-corrected chi connectivity index (χ4v) is 5.58. The molecular weight excluding hydrogens is 670 g/mol.